The number of hydrogen-bond donors (Lipinski definition) is 2. The number of rotatable bonds is 3. The third kappa shape index (κ3) is 3.26. The van der Waals surface area contributed by atoms with E-state index in [1.807, 2.05) is 0 Å². The molecule has 0 spiro atoms. The summed E-state index contributed by atoms with van der Waals surface area (Å²) >= 11 is 0. The number of fused-ring (bicyclic) bond motifs is 1. The lowest BCUT2D eigenvalue weighted by Crippen LogP contribution is -2.47. The highest BCUT2D eigenvalue weighted by molar-refractivity contribution is 5.96. The van der Waals surface area contributed by atoms with Gasteiger partial charge in [-0.1, -0.05) is 0 Å². The third-order valence-electron chi connectivity index (χ3n) is 4.59. The van der Waals surface area contributed by atoms with Crippen LogP contribution in [0.15, 0.2) is 24.4 Å². The van der Waals surface area contributed by atoms with Gasteiger partial charge in [-0.3, -0.25) is 0 Å². The van der Waals surface area contributed by atoms with Gasteiger partial charge in [0.1, 0.15) is 0 Å². The van der Waals surface area contributed by atoms with Gasteiger partial charge in [0.25, 0.3) is 0 Å². The Morgan fingerprint density at radius 1 is 1.29 bits per heavy atom. The van der Waals surface area contributed by atoms with E-state index in [0.29, 0.717) is 16.9 Å². The molecule has 0 aliphatic carbocycles. The summed E-state index contributed by atoms with van der Waals surface area (Å²) in [6.45, 7) is 6.31. The number of hydrogen-bond acceptors (Lipinski definition) is 4. The smallest absolute Gasteiger partial charge is 0.342 e. The maximum atomic E-state index is 12.5. The first kappa shape index (κ1) is 16.4. The molecule has 1 fully saturated rings. The number of amides is 1. The molecule has 3 rings (SSSR count). The Kier molecular flexibility index (Phi) is 4.53. The normalized spacial score (nSPS) is 16.6. The summed E-state index contributed by atoms with van der Waals surface area (Å²) < 4.78 is 1.30. The zero-order valence-electron chi connectivity index (χ0n) is 13.9. The number of nitrogens with zero attached hydrogens (tertiary/aromatic N) is 3. The molecule has 0 bridgehead atoms. The molecule has 2 heterocycles. The maximum absolute atomic E-state index is 12.5. The Labute approximate surface area is 140 Å². The number of carboxylic acids is 1. The van der Waals surface area contributed by atoms with Crippen molar-refractivity contribution in [1.82, 2.24) is 20.0 Å². The fraction of sp³-hybridized carbons (Fsp3) is 0.471. The average Bonchev–Trinajstić information content (AvgIpc) is 2.98. The average molecular weight is 330 g/mol. The molecule has 1 aromatic carbocycles. The zero-order chi connectivity index (χ0) is 17.3. The molecule has 2 N–H and O–H groups in total. The van der Waals surface area contributed by atoms with Crippen LogP contribution in [0.2, 0.25) is 0 Å². The van der Waals surface area contributed by atoms with Crippen LogP contribution in [0, 0.1) is 0 Å². The van der Waals surface area contributed by atoms with Crippen LogP contribution >= 0.6 is 0 Å². The minimum absolute atomic E-state index is 0.144. The van der Waals surface area contributed by atoms with E-state index in [9.17, 15) is 9.59 Å². The molecule has 1 saturated heterocycles. The van der Waals surface area contributed by atoms with Gasteiger partial charge in [0.2, 0.25) is 0 Å². The molecule has 1 aliphatic heterocycles. The number of carbonyl (C=O) groups excluding carboxylic acids is 1. The van der Waals surface area contributed by atoms with E-state index in [1.165, 1.54) is 23.0 Å². The van der Waals surface area contributed by atoms with Gasteiger partial charge in [-0.05, 0) is 44.9 Å². The van der Waals surface area contributed by atoms with E-state index < -0.39 is 5.97 Å². The molecule has 128 valence electrons. The summed E-state index contributed by atoms with van der Waals surface area (Å²) in [5.74, 6) is -0.994. The van der Waals surface area contributed by atoms with Crippen molar-refractivity contribution < 1.29 is 14.7 Å². The van der Waals surface area contributed by atoms with Crippen molar-refractivity contribution in [3.05, 3.63) is 30.0 Å². The van der Waals surface area contributed by atoms with Crippen LogP contribution in [0.3, 0.4) is 0 Å². The second-order valence-electron chi connectivity index (χ2n) is 6.49. The van der Waals surface area contributed by atoms with Gasteiger partial charge >= 0.3 is 12.0 Å². The summed E-state index contributed by atoms with van der Waals surface area (Å²) in [7, 11) is 0. The highest BCUT2D eigenvalue weighted by Crippen LogP contribution is 2.17. The number of piperidine rings is 1. The van der Waals surface area contributed by atoms with Gasteiger partial charge in [-0.2, -0.15) is 9.78 Å². The van der Waals surface area contributed by atoms with Crippen molar-refractivity contribution in [3.63, 3.8) is 0 Å². The lowest BCUT2D eigenvalue weighted by molar-refractivity contribution is 0.0697. The van der Waals surface area contributed by atoms with Gasteiger partial charge in [-0.15, -0.1) is 0 Å². The van der Waals surface area contributed by atoms with Crippen LogP contribution in [0.5, 0.6) is 0 Å². The highest BCUT2D eigenvalue weighted by Gasteiger charge is 2.23. The van der Waals surface area contributed by atoms with Crippen LogP contribution in [-0.2, 0) is 0 Å². The maximum Gasteiger partial charge on any atom is 0.342 e. The van der Waals surface area contributed by atoms with E-state index >= 15 is 0 Å². The number of nitrogens with one attached hydrogen (secondary N) is 1. The first-order chi connectivity index (χ1) is 11.5. The molecule has 0 saturated carbocycles. The van der Waals surface area contributed by atoms with E-state index in [1.54, 1.807) is 6.07 Å². The zero-order valence-corrected chi connectivity index (χ0v) is 13.9. The molecule has 0 radical (unpaired) electrons. The predicted molar refractivity (Wildman–Crippen MR) is 90.4 cm³/mol. The van der Waals surface area contributed by atoms with Gasteiger partial charge in [-0.25, -0.2) is 9.59 Å². The number of carbonyl (C=O) groups is 2. The molecule has 7 nitrogen and oxygen atoms in total. The molecular weight excluding hydrogens is 308 g/mol. The van der Waals surface area contributed by atoms with Crippen molar-refractivity contribution in [1.29, 1.82) is 0 Å². The van der Waals surface area contributed by atoms with Gasteiger partial charge < -0.3 is 15.3 Å². The predicted octanol–water partition coefficient (Wildman–Crippen LogP) is 2.17. The Hall–Kier alpha value is -2.41. The Morgan fingerprint density at radius 2 is 2.00 bits per heavy atom. The van der Waals surface area contributed by atoms with Gasteiger partial charge in [0.15, 0.2) is 0 Å². The van der Waals surface area contributed by atoms with Crippen LogP contribution < -0.4 is 5.32 Å². The van der Waals surface area contributed by atoms with E-state index in [0.717, 1.165) is 25.9 Å². The fourth-order valence-corrected chi connectivity index (χ4v) is 3.12. The number of likely N-dealkylation sites (tertiary alicyclic amines) is 1. The molecule has 0 unspecified atom stereocenters. The lowest BCUT2D eigenvalue weighted by Gasteiger charge is -2.34. The molecule has 24 heavy (non-hydrogen) atoms. The minimum Gasteiger partial charge on any atom is -0.478 e. The Bertz CT molecular complexity index is 760. The van der Waals surface area contributed by atoms with Gasteiger partial charge in [0.05, 0.1) is 17.3 Å². The molecule has 7 heteroatoms. The minimum atomic E-state index is -0.994. The van der Waals surface area contributed by atoms with Crippen LogP contribution in [0.25, 0.3) is 10.9 Å². The molecule has 0 atom stereocenters. The Balaban J connectivity index is 1.70. The number of aromatic carboxylic acids is 1. The highest BCUT2D eigenvalue weighted by atomic mass is 16.4. The first-order valence-electron chi connectivity index (χ1n) is 8.21. The topological polar surface area (TPSA) is 87.5 Å². The van der Waals surface area contributed by atoms with Gasteiger partial charge in [0, 0.05) is 30.6 Å². The SMILES string of the molecule is CC(C)N1CCC(NC(=O)n2ncc3cc(C(=O)O)ccc32)CC1. The molecule has 1 amide bonds. The second kappa shape index (κ2) is 6.60. The molecular formula is C17H22N4O3. The standard InChI is InChI=1S/C17H22N4O3/c1-11(2)20-7-5-14(6-8-20)19-17(24)21-15-4-3-12(16(22)23)9-13(15)10-18-21/h3-4,9-11,14H,5-8H2,1-2H3,(H,19,24)(H,22,23). The number of carboxylic acid groups (broad SMARTS) is 1. The van der Waals surface area contributed by atoms with Crippen molar-refractivity contribution in [2.24, 2.45) is 0 Å². The third-order valence-corrected chi connectivity index (χ3v) is 4.59. The molecule has 2 aromatic rings. The fourth-order valence-electron chi connectivity index (χ4n) is 3.12. The van der Waals surface area contributed by atoms with Crippen molar-refractivity contribution in [3.8, 4) is 0 Å². The van der Waals surface area contributed by atoms with Crippen LogP contribution in [0.4, 0.5) is 4.79 Å². The monoisotopic (exact) mass is 330 g/mol. The summed E-state index contributed by atoms with van der Waals surface area (Å²) in [4.78, 5) is 25.9. The molecule has 1 aliphatic rings. The first-order valence-corrected chi connectivity index (χ1v) is 8.21. The number of benzene rings is 1. The van der Waals surface area contributed by atoms with Crippen molar-refractivity contribution >= 4 is 22.9 Å². The summed E-state index contributed by atoms with van der Waals surface area (Å²) in [6, 6.07) is 5.03. The van der Waals surface area contributed by atoms with Crippen LogP contribution in [-0.4, -0.2) is 57.0 Å². The second-order valence-corrected chi connectivity index (χ2v) is 6.49. The van der Waals surface area contributed by atoms with E-state index in [-0.39, 0.29) is 17.6 Å². The quantitative estimate of drug-likeness (QED) is 0.900. The largest absolute Gasteiger partial charge is 0.478 e. The Morgan fingerprint density at radius 3 is 2.62 bits per heavy atom. The lowest BCUT2D eigenvalue weighted by atomic mass is 10.0. The molecule has 1 aromatic heterocycles. The van der Waals surface area contributed by atoms with E-state index in [4.69, 9.17) is 5.11 Å². The summed E-state index contributed by atoms with van der Waals surface area (Å²) in [5, 5.41) is 16.8. The van der Waals surface area contributed by atoms with E-state index in [2.05, 4.69) is 29.2 Å². The van der Waals surface area contributed by atoms with Crippen molar-refractivity contribution in [2.45, 2.75) is 38.8 Å². The summed E-state index contributed by atoms with van der Waals surface area (Å²) in [6.07, 6.45) is 3.36. The number of aromatic nitrogens is 2. The van der Waals surface area contributed by atoms with Crippen LogP contribution in [0.1, 0.15) is 37.0 Å². The summed E-state index contributed by atoms with van der Waals surface area (Å²) in [5.41, 5.74) is 0.792. The van der Waals surface area contributed by atoms with Crippen molar-refractivity contribution in [2.75, 3.05) is 13.1 Å².